The second kappa shape index (κ2) is 20.0. The van der Waals surface area contributed by atoms with Crippen LogP contribution in [0.1, 0.15) is 111 Å². The quantitative estimate of drug-likeness (QED) is 0.0938. The Balaban J connectivity index is 0.948. The number of nitrogens with zero attached hydrogens (tertiary/aromatic N) is 7. The molecule has 0 unspecified atom stereocenters. The van der Waals surface area contributed by atoms with Gasteiger partial charge < -0.3 is 24.7 Å². The summed E-state index contributed by atoms with van der Waals surface area (Å²) in [6.07, 6.45) is 3.53. The normalized spacial score (nSPS) is 17.4. The number of amides is 2. The van der Waals surface area contributed by atoms with Crippen LogP contribution in [-0.2, 0) is 22.7 Å². The molecular formula is C54H62FN9O2. The highest BCUT2D eigenvalue weighted by atomic mass is 19.1. The monoisotopic (exact) mass is 888 g/mol. The molecule has 2 aliphatic rings. The molecule has 2 aromatic heterocycles. The van der Waals surface area contributed by atoms with Crippen molar-refractivity contribution in [2.45, 2.75) is 90.6 Å². The number of aromatic nitrogens is 4. The lowest BCUT2D eigenvalue weighted by Crippen LogP contribution is -2.43. The number of fused-ring (bicyclic) bond motifs is 2. The van der Waals surface area contributed by atoms with Gasteiger partial charge in [0.15, 0.2) is 0 Å². The first-order valence-corrected chi connectivity index (χ1v) is 23.9. The Morgan fingerprint density at radius 1 is 0.606 bits per heavy atom. The second-order valence-electron chi connectivity index (χ2n) is 17.7. The second-order valence-corrected chi connectivity index (χ2v) is 17.7. The van der Waals surface area contributed by atoms with E-state index < -0.39 is 0 Å². The molecule has 7 aromatic rings. The van der Waals surface area contributed by atoms with Crippen LogP contribution in [0.5, 0.6) is 0 Å². The Hall–Kier alpha value is -6.37. The average molecular weight is 888 g/mol. The Morgan fingerprint density at radius 3 is 1.44 bits per heavy atom. The lowest BCUT2D eigenvalue weighted by molar-refractivity contribution is -0.139. The molecule has 0 aliphatic carbocycles. The van der Waals surface area contributed by atoms with Gasteiger partial charge in [0, 0.05) is 31.9 Å². The first kappa shape index (κ1) is 44.8. The van der Waals surface area contributed by atoms with E-state index >= 15 is 0 Å². The Kier molecular flexibility index (Phi) is 13.6. The molecule has 66 heavy (non-hydrogen) atoms. The van der Waals surface area contributed by atoms with Crippen molar-refractivity contribution in [2.24, 2.45) is 0 Å². The van der Waals surface area contributed by atoms with Crippen molar-refractivity contribution in [1.29, 1.82) is 0 Å². The van der Waals surface area contributed by atoms with E-state index in [0.29, 0.717) is 26.2 Å². The van der Waals surface area contributed by atoms with Crippen molar-refractivity contribution in [1.82, 2.24) is 39.5 Å². The number of carbonyl (C=O) groups excluding carboxylic acids is 2. The Bertz CT molecular complexity index is 2570. The number of halogens is 1. The molecule has 0 saturated carbocycles. The first-order valence-electron chi connectivity index (χ1n) is 23.9. The van der Waals surface area contributed by atoms with E-state index in [4.69, 9.17) is 9.97 Å². The number of anilines is 1. The topological polar surface area (TPSA) is 108 Å². The number of hydrogen-bond donors (Lipinski definition) is 2. The minimum atomic E-state index is -0.351. The maximum absolute atomic E-state index is 14.5. The van der Waals surface area contributed by atoms with Crippen LogP contribution in [-0.4, -0.2) is 90.6 Å². The number of hydrogen-bond acceptors (Lipinski definition) is 7. The van der Waals surface area contributed by atoms with Crippen LogP contribution < -0.4 is 4.90 Å². The fourth-order valence-corrected chi connectivity index (χ4v) is 10.4. The largest absolute Gasteiger partial charge is 0.363 e. The summed E-state index contributed by atoms with van der Waals surface area (Å²) in [6.45, 7) is 14.1. The zero-order valence-corrected chi connectivity index (χ0v) is 38.7. The summed E-state index contributed by atoms with van der Waals surface area (Å²) in [5.74, 6) is 1.58. The van der Waals surface area contributed by atoms with Crippen molar-refractivity contribution >= 4 is 39.6 Å². The molecule has 9 rings (SSSR count). The van der Waals surface area contributed by atoms with Crippen LogP contribution in [0.4, 0.5) is 10.1 Å². The van der Waals surface area contributed by atoms with E-state index in [0.717, 1.165) is 114 Å². The minimum Gasteiger partial charge on any atom is -0.363 e. The highest BCUT2D eigenvalue weighted by Crippen LogP contribution is 2.38. The Morgan fingerprint density at radius 2 is 1.03 bits per heavy atom. The number of rotatable bonds is 17. The number of carbonyl (C=O) groups is 2. The molecular weight excluding hydrogens is 826 g/mol. The van der Waals surface area contributed by atoms with Crippen LogP contribution in [0.15, 0.2) is 121 Å². The summed E-state index contributed by atoms with van der Waals surface area (Å²) in [5, 5.41) is 0. The number of likely N-dealkylation sites (N-methyl/N-ethyl adjacent to an activating group) is 2. The number of imidazole rings is 2. The van der Waals surface area contributed by atoms with Gasteiger partial charge in [-0.3, -0.25) is 19.4 Å². The summed E-state index contributed by atoms with van der Waals surface area (Å²) < 4.78 is 14.3. The van der Waals surface area contributed by atoms with Crippen LogP contribution in [0.3, 0.4) is 0 Å². The molecule has 2 amide bonds. The van der Waals surface area contributed by atoms with E-state index in [1.165, 1.54) is 12.1 Å². The van der Waals surface area contributed by atoms with Crippen LogP contribution in [0, 0.1) is 5.82 Å². The summed E-state index contributed by atoms with van der Waals surface area (Å²) >= 11 is 0. The highest BCUT2D eigenvalue weighted by Gasteiger charge is 2.39. The number of benzene rings is 5. The molecule has 4 atom stereocenters. The molecule has 2 fully saturated rings. The van der Waals surface area contributed by atoms with Gasteiger partial charge in [0.2, 0.25) is 11.8 Å². The van der Waals surface area contributed by atoms with Gasteiger partial charge in [0.25, 0.3) is 0 Å². The summed E-state index contributed by atoms with van der Waals surface area (Å²) in [4.78, 5) is 57.1. The van der Waals surface area contributed by atoms with E-state index in [9.17, 15) is 14.0 Å². The fraction of sp³-hybridized carbons (Fsp3) is 0.370. The van der Waals surface area contributed by atoms with Crippen LogP contribution >= 0.6 is 0 Å². The maximum Gasteiger partial charge on any atom is 0.245 e. The van der Waals surface area contributed by atoms with E-state index in [2.05, 4.69) is 113 Å². The number of H-pyrrole nitrogens is 2. The van der Waals surface area contributed by atoms with E-state index in [1.54, 1.807) is 0 Å². The molecule has 5 aromatic carbocycles. The van der Waals surface area contributed by atoms with Gasteiger partial charge >= 0.3 is 0 Å². The van der Waals surface area contributed by atoms with Crippen molar-refractivity contribution in [3.8, 4) is 0 Å². The minimum absolute atomic E-state index is 0.117. The van der Waals surface area contributed by atoms with Crippen LogP contribution in [0.25, 0.3) is 22.1 Å². The third-order valence-corrected chi connectivity index (χ3v) is 13.8. The SMILES string of the molecule is CCN(CC)[C@@H](C(=O)N1CCC[C@H]1c1nc2ccc(CN(Cc3ccc4nc([C@@H]5CCCN5C(=O)[C@@H](c5ccccc5)N(CC)CC)[nH]c4c3)c3ccc(F)cc3)cc2[nH]1)c1ccccc1. The maximum atomic E-state index is 14.5. The molecule has 0 bridgehead atoms. The first-order chi connectivity index (χ1) is 32.3. The molecule has 2 aliphatic heterocycles. The lowest BCUT2D eigenvalue weighted by atomic mass is 10.0. The lowest BCUT2D eigenvalue weighted by Gasteiger charge is -2.34. The zero-order valence-electron chi connectivity index (χ0n) is 38.7. The van der Waals surface area contributed by atoms with E-state index in [1.807, 2.05) is 58.3 Å². The van der Waals surface area contributed by atoms with Crippen molar-refractivity contribution in [3.63, 3.8) is 0 Å². The van der Waals surface area contributed by atoms with Crippen molar-refractivity contribution < 1.29 is 14.0 Å². The van der Waals surface area contributed by atoms with Crippen molar-refractivity contribution in [2.75, 3.05) is 44.2 Å². The van der Waals surface area contributed by atoms with Gasteiger partial charge in [-0.1, -0.05) is 100 Å². The number of aromatic amines is 2. The fourth-order valence-electron chi connectivity index (χ4n) is 10.4. The van der Waals surface area contributed by atoms with Crippen LogP contribution in [0.2, 0.25) is 0 Å². The standard InChI is InChI=1S/C54H62FN9O2/c1-5-60(6-2)49(39-17-11-9-12-18-39)53(65)63-31-15-21-47(63)51-56-43-29-23-37(33-45(43)58-51)35-62(42-27-25-41(55)26-28-42)36-38-24-30-44-46(34-38)59-52(57-44)48-22-16-32-64(48)54(66)50(61(7-3)8-4)40-19-13-10-14-20-40/h9-14,17-20,23-30,33-34,47-50H,5-8,15-16,21-22,31-32,35-36H2,1-4H3,(H,56,58)(H,57,59)/t47-,48-,49+,50+/m0/s1. The van der Waals surface area contributed by atoms with Gasteiger partial charge in [0.1, 0.15) is 29.5 Å². The molecule has 4 heterocycles. The van der Waals surface area contributed by atoms with Gasteiger partial charge in [0.05, 0.1) is 34.2 Å². The molecule has 342 valence electrons. The molecule has 11 nitrogen and oxygen atoms in total. The molecule has 12 heteroatoms. The smallest absolute Gasteiger partial charge is 0.245 e. The summed E-state index contributed by atoms with van der Waals surface area (Å²) in [6, 6.07) is 38.5. The summed E-state index contributed by atoms with van der Waals surface area (Å²) in [7, 11) is 0. The Labute approximate surface area is 387 Å². The molecule has 0 spiro atoms. The predicted octanol–water partition coefficient (Wildman–Crippen LogP) is 10.3. The number of nitrogens with one attached hydrogen (secondary N) is 2. The summed E-state index contributed by atoms with van der Waals surface area (Å²) in [5.41, 5.74) is 8.62. The van der Waals surface area contributed by atoms with Gasteiger partial charge in [-0.2, -0.15) is 0 Å². The average Bonchev–Trinajstić information content (AvgIpc) is 4.19. The van der Waals surface area contributed by atoms with Crippen molar-refractivity contribution in [3.05, 3.63) is 161 Å². The predicted molar refractivity (Wildman–Crippen MR) is 260 cm³/mol. The zero-order chi connectivity index (χ0) is 45.7. The van der Waals surface area contributed by atoms with Gasteiger partial charge in [-0.15, -0.1) is 0 Å². The van der Waals surface area contributed by atoms with E-state index in [-0.39, 0.29) is 41.8 Å². The molecule has 2 saturated heterocycles. The third kappa shape index (κ3) is 9.21. The third-order valence-electron chi connectivity index (χ3n) is 13.8. The highest BCUT2D eigenvalue weighted by molar-refractivity contribution is 5.85. The molecule has 2 N–H and O–H groups in total. The van der Waals surface area contributed by atoms with Gasteiger partial charge in [-0.05, 0) is 123 Å². The van der Waals surface area contributed by atoms with Gasteiger partial charge in [-0.25, -0.2) is 14.4 Å². The number of likely N-dealkylation sites (tertiary alicyclic amines) is 2. The molecule has 0 radical (unpaired) electrons.